The number of rotatable bonds is 5. The van der Waals surface area contributed by atoms with Crippen LogP contribution in [0.1, 0.15) is 24.2 Å². The molecule has 2 heterocycles. The maximum atomic E-state index is 11.0. The summed E-state index contributed by atoms with van der Waals surface area (Å²) in [6.07, 6.45) is 2.89. The van der Waals surface area contributed by atoms with Gasteiger partial charge in [-0.05, 0) is 18.1 Å². The molecule has 0 aliphatic rings. The van der Waals surface area contributed by atoms with Gasteiger partial charge in [-0.3, -0.25) is 4.79 Å². The van der Waals surface area contributed by atoms with Crippen molar-refractivity contribution in [2.24, 2.45) is 11.7 Å². The summed E-state index contributed by atoms with van der Waals surface area (Å²) in [6.45, 7) is 4.59. The average molecular weight is 275 g/mol. The number of pyridine rings is 1. The highest BCUT2D eigenvalue weighted by Gasteiger charge is 2.10. The van der Waals surface area contributed by atoms with E-state index in [1.807, 2.05) is 13.8 Å². The molecule has 0 aromatic carbocycles. The summed E-state index contributed by atoms with van der Waals surface area (Å²) in [5.41, 5.74) is 11.8. The van der Waals surface area contributed by atoms with Crippen molar-refractivity contribution in [3.05, 3.63) is 30.1 Å². The Hall–Kier alpha value is -2.57. The maximum absolute atomic E-state index is 11.0. The molecule has 0 radical (unpaired) electrons. The second kappa shape index (κ2) is 5.60. The number of nitrogen functional groups attached to an aromatic ring is 1. The molecule has 0 atom stereocenters. The summed E-state index contributed by atoms with van der Waals surface area (Å²) in [4.78, 5) is 15.3. The highest BCUT2D eigenvalue weighted by molar-refractivity contribution is 5.92. The highest BCUT2D eigenvalue weighted by Crippen LogP contribution is 2.20. The SMILES string of the molecule is CC(C)COc1nc(-n2cc(C(N)=O)cn2)ccc1N. The van der Waals surface area contributed by atoms with Crippen LogP contribution in [0.3, 0.4) is 0 Å². The Labute approximate surface area is 116 Å². The summed E-state index contributed by atoms with van der Waals surface area (Å²) in [5.74, 6) is 0.687. The van der Waals surface area contributed by atoms with Gasteiger partial charge >= 0.3 is 0 Å². The molecular formula is C13H17N5O2. The third kappa shape index (κ3) is 3.05. The number of nitrogens with zero attached hydrogens (tertiary/aromatic N) is 3. The molecule has 0 unspecified atom stereocenters. The molecule has 0 saturated carbocycles. The molecule has 2 aromatic heterocycles. The minimum Gasteiger partial charge on any atom is -0.476 e. The number of hydrogen-bond acceptors (Lipinski definition) is 5. The van der Waals surface area contributed by atoms with Crippen LogP contribution in [0.15, 0.2) is 24.5 Å². The number of carbonyl (C=O) groups is 1. The van der Waals surface area contributed by atoms with Gasteiger partial charge in [0, 0.05) is 6.20 Å². The second-order valence-electron chi connectivity index (χ2n) is 4.81. The molecule has 0 aliphatic heterocycles. The Morgan fingerprint density at radius 2 is 2.20 bits per heavy atom. The Kier molecular flexibility index (Phi) is 3.88. The summed E-state index contributed by atoms with van der Waals surface area (Å²) in [7, 11) is 0. The number of aromatic nitrogens is 3. The lowest BCUT2D eigenvalue weighted by atomic mass is 10.2. The zero-order chi connectivity index (χ0) is 14.7. The first-order chi connectivity index (χ1) is 9.47. The monoisotopic (exact) mass is 275 g/mol. The maximum Gasteiger partial charge on any atom is 0.251 e. The normalized spacial score (nSPS) is 10.8. The predicted octanol–water partition coefficient (Wildman–Crippen LogP) is 0.983. The zero-order valence-electron chi connectivity index (χ0n) is 11.4. The summed E-state index contributed by atoms with van der Waals surface area (Å²) < 4.78 is 6.99. The van der Waals surface area contributed by atoms with Gasteiger partial charge in [-0.1, -0.05) is 13.8 Å². The van der Waals surface area contributed by atoms with E-state index in [4.69, 9.17) is 16.2 Å². The fourth-order valence-corrected chi connectivity index (χ4v) is 1.51. The van der Waals surface area contributed by atoms with Crippen molar-refractivity contribution in [1.82, 2.24) is 14.8 Å². The summed E-state index contributed by atoms with van der Waals surface area (Å²) in [6, 6.07) is 3.37. The van der Waals surface area contributed by atoms with Crippen LogP contribution in [-0.4, -0.2) is 27.3 Å². The number of anilines is 1. The van der Waals surface area contributed by atoms with Gasteiger partial charge in [0.2, 0.25) is 5.88 Å². The van der Waals surface area contributed by atoms with Crippen molar-refractivity contribution in [2.45, 2.75) is 13.8 Å². The lowest BCUT2D eigenvalue weighted by Crippen LogP contribution is -2.10. The van der Waals surface area contributed by atoms with Crippen molar-refractivity contribution in [3.63, 3.8) is 0 Å². The third-order valence-electron chi connectivity index (χ3n) is 2.53. The molecule has 7 heteroatoms. The van der Waals surface area contributed by atoms with Crippen LogP contribution in [0, 0.1) is 5.92 Å². The highest BCUT2D eigenvalue weighted by atomic mass is 16.5. The van der Waals surface area contributed by atoms with E-state index in [2.05, 4.69) is 10.1 Å². The van der Waals surface area contributed by atoms with Gasteiger partial charge in [-0.15, -0.1) is 0 Å². The van der Waals surface area contributed by atoms with Crippen LogP contribution in [0.4, 0.5) is 5.69 Å². The lowest BCUT2D eigenvalue weighted by Gasteiger charge is -2.11. The first-order valence-electron chi connectivity index (χ1n) is 6.21. The molecule has 7 nitrogen and oxygen atoms in total. The topological polar surface area (TPSA) is 109 Å². The van der Waals surface area contributed by atoms with Gasteiger partial charge in [0.1, 0.15) is 0 Å². The van der Waals surface area contributed by atoms with Gasteiger partial charge in [-0.2, -0.15) is 10.1 Å². The van der Waals surface area contributed by atoms with Gasteiger partial charge in [-0.25, -0.2) is 4.68 Å². The van der Waals surface area contributed by atoms with E-state index >= 15 is 0 Å². The van der Waals surface area contributed by atoms with Crippen molar-refractivity contribution in [2.75, 3.05) is 12.3 Å². The molecule has 2 rings (SSSR count). The van der Waals surface area contributed by atoms with E-state index in [9.17, 15) is 4.79 Å². The van der Waals surface area contributed by atoms with Crippen molar-refractivity contribution in [1.29, 1.82) is 0 Å². The number of nitrogens with two attached hydrogens (primary N) is 2. The molecule has 0 saturated heterocycles. The van der Waals surface area contributed by atoms with Gasteiger partial charge < -0.3 is 16.2 Å². The molecule has 4 N–H and O–H groups in total. The summed E-state index contributed by atoms with van der Waals surface area (Å²) in [5, 5.41) is 4.03. The van der Waals surface area contributed by atoms with Crippen LogP contribution >= 0.6 is 0 Å². The lowest BCUT2D eigenvalue weighted by molar-refractivity contribution is 0.100. The molecular weight excluding hydrogens is 258 g/mol. The number of carbonyl (C=O) groups excluding carboxylic acids is 1. The van der Waals surface area contributed by atoms with Crippen molar-refractivity contribution < 1.29 is 9.53 Å². The minimum atomic E-state index is -0.539. The van der Waals surface area contributed by atoms with Gasteiger partial charge in [0.05, 0.1) is 24.1 Å². The van der Waals surface area contributed by atoms with E-state index < -0.39 is 5.91 Å². The van der Waals surface area contributed by atoms with E-state index in [1.165, 1.54) is 17.1 Å². The van der Waals surface area contributed by atoms with Crippen LogP contribution in [0.25, 0.3) is 5.82 Å². The Morgan fingerprint density at radius 3 is 2.80 bits per heavy atom. The zero-order valence-corrected chi connectivity index (χ0v) is 11.4. The predicted molar refractivity (Wildman–Crippen MR) is 74.6 cm³/mol. The van der Waals surface area contributed by atoms with Crippen LogP contribution < -0.4 is 16.2 Å². The molecule has 0 aliphatic carbocycles. The van der Waals surface area contributed by atoms with Gasteiger partial charge in [0.15, 0.2) is 5.82 Å². The van der Waals surface area contributed by atoms with E-state index in [0.29, 0.717) is 35.5 Å². The number of amides is 1. The average Bonchev–Trinajstić information content (AvgIpc) is 2.87. The van der Waals surface area contributed by atoms with Crippen LogP contribution in [0.5, 0.6) is 5.88 Å². The van der Waals surface area contributed by atoms with E-state index in [1.54, 1.807) is 12.1 Å². The second-order valence-corrected chi connectivity index (χ2v) is 4.81. The van der Waals surface area contributed by atoms with Crippen molar-refractivity contribution >= 4 is 11.6 Å². The molecule has 0 bridgehead atoms. The number of hydrogen-bond donors (Lipinski definition) is 2. The Balaban J connectivity index is 2.27. The number of ether oxygens (including phenoxy) is 1. The van der Waals surface area contributed by atoms with Crippen LogP contribution in [-0.2, 0) is 0 Å². The quantitative estimate of drug-likeness (QED) is 0.845. The minimum absolute atomic E-state index is 0.313. The molecule has 106 valence electrons. The molecule has 2 aromatic rings. The Bertz CT molecular complexity index is 621. The summed E-state index contributed by atoms with van der Waals surface area (Å²) >= 11 is 0. The van der Waals surface area contributed by atoms with Crippen molar-refractivity contribution in [3.8, 4) is 11.7 Å². The van der Waals surface area contributed by atoms with E-state index in [-0.39, 0.29) is 0 Å². The smallest absolute Gasteiger partial charge is 0.251 e. The fraction of sp³-hybridized carbons (Fsp3) is 0.308. The van der Waals surface area contributed by atoms with E-state index in [0.717, 1.165) is 0 Å². The fourth-order valence-electron chi connectivity index (χ4n) is 1.51. The molecule has 1 amide bonds. The first-order valence-corrected chi connectivity index (χ1v) is 6.21. The molecule has 20 heavy (non-hydrogen) atoms. The largest absolute Gasteiger partial charge is 0.476 e. The molecule has 0 fully saturated rings. The third-order valence-corrected chi connectivity index (χ3v) is 2.53. The Morgan fingerprint density at radius 1 is 1.45 bits per heavy atom. The number of primary amides is 1. The molecule has 0 spiro atoms. The first kappa shape index (κ1) is 13.9. The van der Waals surface area contributed by atoms with Gasteiger partial charge in [0.25, 0.3) is 5.91 Å². The standard InChI is InChI=1S/C13H17N5O2/c1-8(2)7-20-13-10(14)3-4-11(17-13)18-6-9(5-16-18)12(15)19/h3-6,8H,7,14H2,1-2H3,(H2,15,19). The van der Waals surface area contributed by atoms with Crippen LogP contribution in [0.2, 0.25) is 0 Å².